The van der Waals surface area contributed by atoms with E-state index in [0.717, 1.165) is 11.1 Å². The number of halogens is 1. The Morgan fingerprint density at radius 2 is 2.26 bits per heavy atom. The first-order chi connectivity index (χ1) is 9.11. The van der Waals surface area contributed by atoms with Gasteiger partial charge in [-0.3, -0.25) is 0 Å². The van der Waals surface area contributed by atoms with Crippen LogP contribution in [-0.4, -0.2) is 28.0 Å². The molecule has 1 unspecified atom stereocenters. The zero-order valence-electron chi connectivity index (χ0n) is 11.1. The van der Waals surface area contributed by atoms with Crippen LogP contribution in [0.1, 0.15) is 24.1 Å². The first-order valence-corrected chi connectivity index (χ1v) is 6.27. The predicted molar refractivity (Wildman–Crippen MR) is 71.8 cm³/mol. The van der Waals surface area contributed by atoms with Gasteiger partial charge in [-0.05, 0) is 37.1 Å². The molecule has 0 bridgehead atoms. The van der Waals surface area contributed by atoms with Crippen molar-refractivity contribution >= 4 is 0 Å². The highest BCUT2D eigenvalue weighted by molar-refractivity contribution is 5.37. The molecule has 5 heteroatoms. The number of nitrogens with zero attached hydrogens (tertiary/aromatic N) is 2. The van der Waals surface area contributed by atoms with Crippen LogP contribution < -0.4 is 5.32 Å². The summed E-state index contributed by atoms with van der Waals surface area (Å²) in [6.07, 6.45) is 3.48. The number of rotatable bonds is 5. The van der Waals surface area contributed by atoms with E-state index in [4.69, 9.17) is 5.11 Å². The van der Waals surface area contributed by atoms with E-state index in [0.29, 0.717) is 12.2 Å². The van der Waals surface area contributed by atoms with Gasteiger partial charge >= 0.3 is 0 Å². The second-order valence-corrected chi connectivity index (χ2v) is 4.57. The van der Waals surface area contributed by atoms with Crippen molar-refractivity contribution in [3.8, 4) is 5.69 Å². The van der Waals surface area contributed by atoms with Crippen molar-refractivity contribution in [1.82, 2.24) is 15.1 Å². The highest BCUT2D eigenvalue weighted by Gasteiger charge is 2.10. The number of aliphatic hydroxyl groups is 1. The number of benzene rings is 1. The monoisotopic (exact) mass is 263 g/mol. The molecule has 2 aromatic rings. The topological polar surface area (TPSA) is 50.1 Å². The van der Waals surface area contributed by atoms with Gasteiger partial charge in [-0.15, -0.1) is 0 Å². The minimum Gasteiger partial charge on any atom is -0.395 e. The molecular weight excluding hydrogens is 245 g/mol. The van der Waals surface area contributed by atoms with Crippen LogP contribution in [0.5, 0.6) is 0 Å². The van der Waals surface area contributed by atoms with Crippen LogP contribution in [0.25, 0.3) is 5.69 Å². The molecule has 19 heavy (non-hydrogen) atoms. The van der Waals surface area contributed by atoms with Gasteiger partial charge < -0.3 is 10.4 Å². The van der Waals surface area contributed by atoms with Crippen LogP contribution >= 0.6 is 0 Å². The molecule has 1 aromatic carbocycles. The SMILES string of the molecule is Cc1cnn(-c2ccc(C(C)NCCO)cc2F)c1. The van der Waals surface area contributed by atoms with Crippen molar-refractivity contribution in [2.45, 2.75) is 19.9 Å². The molecule has 0 aliphatic rings. The minimum atomic E-state index is -0.307. The van der Waals surface area contributed by atoms with E-state index in [1.54, 1.807) is 18.5 Å². The Hall–Kier alpha value is -1.72. The van der Waals surface area contributed by atoms with Gasteiger partial charge in [0, 0.05) is 18.8 Å². The third-order valence-electron chi connectivity index (χ3n) is 2.99. The molecule has 0 radical (unpaired) electrons. The van der Waals surface area contributed by atoms with Gasteiger partial charge in [0.25, 0.3) is 0 Å². The molecule has 102 valence electrons. The van der Waals surface area contributed by atoms with Crippen LogP contribution in [0.2, 0.25) is 0 Å². The lowest BCUT2D eigenvalue weighted by molar-refractivity contribution is 0.286. The smallest absolute Gasteiger partial charge is 0.149 e. The average molecular weight is 263 g/mol. The van der Waals surface area contributed by atoms with Crippen molar-refractivity contribution in [3.05, 3.63) is 47.5 Å². The molecule has 1 aromatic heterocycles. The van der Waals surface area contributed by atoms with E-state index in [2.05, 4.69) is 10.4 Å². The van der Waals surface area contributed by atoms with Crippen molar-refractivity contribution in [1.29, 1.82) is 0 Å². The van der Waals surface area contributed by atoms with E-state index in [9.17, 15) is 4.39 Å². The average Bonchev–Trinajstić information content (AvgIpc) is 2.82. The Balaban J connectivity index is 2.22. The molecule has 1 heterocycles. The molecule has 0 amide bonds. The van der Waals surface area contributed by atoms with Gasteiger partial charge in [-0.2, -0.15) is 5.10 Å². The molecular formula is C14H18FN3O. The second kappa shape index (κ2) is 5.95. The van der Waals surface area contributed by atoms with Crippen molar-refractivity contribution in [2.75, 3.05) is 13.2 Å². The number of aromatic nitrogens is 2. The van der Waals surface area contributed by atoms with E-state index in [-0.39, 0.29) is 18.5 Å². The zero-order valence-corrected chi connectivity index (χ0v) is 11.1. The maximum atomic E-state index is 14.1. The molecule has 0 saturated carbocycles. The van der Waals surface area contributed by atoms with Crippen LogP contribution in [-0.2, 0) is 0 Å². The quantitative estimate of drug-likeness (QED) is 0.867. The molecule has 0 spiro atoms. The maximum Gasteiger partial charge on any atom is 0.149 e. The lowest BCUT2D eigenvalue weighted by Gasteiger charge is -2.14. The Bertz CT molecular complexity index is 553. The minimum absolute atomic E-state index is 0.00458. The van der Waals surface area contributed by atoms with Crippen molar-refractivity contribution in [2.24, 2.45) is 0 Å². The molecule has 0 saturated heterocycles. The molecule has 1 atom stereocenters. The third kappa shape index (κ3) is 3.19. The second-order valence-electron chi connectivity index (χ2n) is 4.57. The van der Waals surface area contributed by atoms with Crippen molar-refractivity contribution in [3.63, 3.8) is 0 Å². The predicted octanol–water partition coefficient (Wildman–Crippen LogP) is 1.96. The van der Waals surface area contributed by atoms with Crippen LogP contribution in [0, 0.1) is 12.7 Å². The number of hydrogen-bond donors (Lipinski definition) is 2. The summed E-state index contributed by atoms with van der Waals surface area (Å²) in [6.45, 7) is 4.40. The first kappa shape index (κ1) is 13.7. The maximum absolute atomic E-state index is 14.1. The lowest BCUT2D eigenvalue weighted by atomic mass is 10.1. The third-order valence-corrected chi connectivity index (χ3v) is 2.99. The largest absolute Gasteiger partial charge is 0.395 e. The summed E-state index contributed by atoms with van der Waals surface area (Å²) in [7, 11) is 0. The highest BCUT2D eigenvalue weighted by Crippen LogP contribution is 2.19. The van der Waals surface area contributed by atoms with Crippen LogP contribution in [0.15, 0.2) is 30.6 Å². The van der Waals surface area contributed by atoms with E-state index in [1.807, 2.05) is 19.9 Å². The lowest BCUT2D eigenvalue weighted by Crippen LogP contribution is -2.22. The Kier molecular flexibility index (Phi) is 4.29. The summed E-state index contributed by atoms with van der Waals surface area (Å²) in [4.78, 5) is 0. The Morgan fingerprint density at radius 1 is 1.47 bits per heavy atom. The summed E-state index contributed by atoms with van der Waals surface area (Å²) in [6, 6.07) is 5.08. The van der Waals surface area contributed by atoms with Crippen molar-refractivity contribution < 1.29 is 9.50 Å². The van der Waals surface area contributed by atoms with E-state index < -0.39 is 0 Å². The fourth-order valence-electron chi connectivity index (χ4n) is 1.92. The molecule has 2 rings (SSSR count). The number of aliphatic hydroxyl groups excluding tert-OH is 1. The molecule has 4 nitrogen and oxygen atoms in total. The number of nitrogens with one attached hydrogen (secondary N) is 1. The standard InChI is InChI=1S/C14H18FN3O/c1-10-8-17-18(9-10)14-4-3-12(7-13(14)15)11(2)16-5-6-19/h3-4,7-9,11,16,19H,5-6H2,1-2H3. The number of aryl methyl sites for hydroxylation is 1. The molecule has 2 N–H and O–H groups in total. The van der Waals surface area contributed by atoms with Gasteiger partial charge in [0.15, 0.2) is 0 Å². The first-order valence-electron chi connectivity index (χ1n) is 6.27. The highest BCUT2D eigenvalue weighted by atomic mass is 19.1. The van der Waals surface area contributed by atoms with Gasteiger partial charge in [-0.25, -0.2) is 9.07 Å². The fourth-order valence-corrected chi connectivity index (χ4v) is 1.92. The Labute approximate surface area is 111 Å². The van der Waals surface area contributed by atoms with Crippen LogP contribution in [0.4, 0.5) is 4.39 Å². The molecule has 0 aliphatic heterocycles. The number of hydrogen-bond acceptors (Lipinski definition) is 3. The summed E-state index contributed by atoms with van der Waals surface area (Å²) in [5, 5.41) is 16.0. The summed E-state index contributed by atoms with van der Waals surface area (Å²) in [5.74, 6) is -0.307. The van der Waals surface area contributed by atoms with Gasteiger partial charge in [0.1, 0.15) is 11.5 Å². The molecule has 0 aliphatic carbocycles. The van der Waals surface area contributed by atoms with Gasteiger partial charge in [0.2, 0.25) is 0 Å². The normalized spacial score (nSPS) is 12.6. The molecule has 0 fully saturated rings. The summed E-state index contributed by atoms with van der Waals surface area (Å²) in [5.41, 5.74) is 2.27. The summed E-state index contributed by atoms with van der Waals surface area (Å²) >= 11 is 0. The Morgan fingerprint density at radius 3 is 2.84 bits per heavy atom. The zero-order chi connectivity index (χ0) is 13.8. The summed E-state index contributed by atoms with van der Waals surface area (Å²) < 4.78 is 15.6. The van der Waals surface area contributed by atoms with Gasteiger partial charge in [-0.1, -0.05) is 6.07 Å². The van der Waals surface area contributed by atoms with E-state index >= 15 is 0 Å². The van der Waals surface area contributed by atoms with Crippen LogP contribution in [0.3, 0.4) is 0 Å². The van der Waals surface area contributed by atoms with Gasteiger partial charge in [0.05, 0.1) is 12.8 Å². The fraction of sp³-hybridized carbons (Fsp3) is 0.357. The van der Waals surface area contributed by atoms with E-state index in [1.165, 1.54) is 10.7 Å².